The zero-order chi connectivity index (χ0) is 12.1. The first-order valence-electron chi connectivity index (χ1n) is 7.17. The van der Waals surface area contributed by atoms with Crippen LogP contribution in [0.5, 0.6) is 0 Å². The molecule has 2 heteroatoms. The van der Waals surface area contributed by atoms with Gasteiger partial charge in [0.2, 0.25) is 0 Å². The minimum atomic E-state index is 0.720. The summed E-state index contributed by atoms with van der Waals surface area (Å²) in [4.78, 5) is 0. The van der Waals surface area contributed by atoms with Gasteiger partial charge in [0.15, 0.2) is 0 Å². The van der Waals surface area contributed by atoms with Crippen molar-refractivity contribution in [3.63, 3.8) is 0 Å². The van der Waals surface area contributed by atoms with Gasteiger partial charge in [0.25, 0.3) is 0 Å². The van der Waals surface area contributed by atoms with Gasteiger partial charge >= 0.3 is 0 Å². The van der Waals surface area contributed by atoms with E-state index < -0.39 is 0 Å². The van der Waals surface area contributed by atoms with E-state index in [1.165, 1.54) is 32.2 Å². The second-order valence-corrected chi connectivity index (χ2v) is 5.73. The highest BCUT2D eigenvalue weighted by molar-refractivity contribution is 5.89. The molecule has 2 aromatic rings. The summed E-state index contributed by atoms with van der Waals surface area (Å²) < 4.78 is 2.63. The van der Waals surface area contributed by atoms with Crippen LogP contribution in [0.1, 0.15) is 35.6 Å². The highest BCUT2D eigenvalue weighted by atomic mass is 15.0. The molecular weight excluding hydrogens is 220 g/mol. The second-order valence-electron chi connectivity index (χ2n) is 5.73. The van der Waals surface area contributed by atoms with Crippen LogP contribution >= 0.6 is 0 Å². The van der Waals surface area contributed by atoms with Gasteiger partial charge in [-0.05, 0) is 43.9 Å². The molecule has 2 aliphatic rings. The Labute approximate surface area is 108 Å². The van der Waals surface area contributed by atoms with Crippen LogP contribution < -0.4 is 5.32 Å². The number of likely N-dealkylation sites (N-methyl/N-ethyl adjacent to an activating group) is 1. The number of aryl methyl sites for hydroxylation is 3. The van der Waals surface area contributed by atoms with E-state index in [0.29, 0.717) is 0 Å². The van der Waals surface area contributed by atoms with Crippen LogP contribution in [0.3, 0.4) is 0 Å². The molecule has 1 aliphatic carbocycles. The molecule has 18 heavy (non-hydrogen) atoms. The first-order valence-corrected chi connectivity index (χ1v) is 7.17. The number of nitrogens with one attached hydrogen (secondary N) is 1. The van der Waals surface area contributed by atoms with Crippen LogP contribution in [0.4, 0.5) is 0 Å². The molecule has 2 nitrogen and oxygen atoms in total. The smallest absolute Gasteiger partial charge is 0.0518 e. The van der Waals surface area contributed by atoms with E-state index in [4.69, 9.17) is 0 Å². The number of rotatable bonds is 2. The topological polar surface area (TPSA) is 17.0 Å². The summed E-state index contributed by atoms with van der Waals surface area (Å²) in [5.41, 5.74) is 6.41. The molecule has 1 aromatic heterocycles. The summed E-state index contributed by atoms with van der Waals surface area (Å²) in [5.74, 6) is 0.720. The molecule has 0 bridgehead atoms. The molecule has 0 amide bonds. The van der Waals surface area contributed by atoms with E-state index in [-0.39, 0.29) is 0 Å². The second kappa shape index (κ2) is 3.86. The Balaban J connectivity index is 2.00. The Morgan fingerprint density at radius 2 is 2.28 bits per heavy atom. The van der Waals surface area contributed by atoms with Crippen molar-refractivity contribution in [2.75, 3.05) is 13.6 Å². The molecule has 1 aliphatic heterocycles. The van der Waals surface area contributed by atoms with Crippen molar-refractivity contribution >= 4 is 10.9 Å². The lowest BCUT2D eigenvalue weighted by Crippen LogP contribution is -2.23. The van der Waals surface area contributed by atoms with Crippen LogP contribution in [0, 0.1) is 0 Å². The Morgan fingerprint density at radius 1 is 1.33 bits per heavy atom. The third-order valence-corrected chi connectivity index (χ3v) is 4.74. The molecule has 94 valence electrons. The molecular formula is C16H20N2. The lowest BCUT2D eigenvalue weighted by atomic mass is 9.86. The highest BCUT2D eigenvalue weighted by Crippen LogP contribution is 2.41. The van der Waals surface area contributed by atoms with Crippen molar-refractivity contribution in [3.05, 3.63) is 35.0 Å². The third kappa shape index (κ3) is 1.27. The Kier molecular flexibility index (Phi) is 2.28. The third-order valence-electron chi connectivity index (χ3n) is 4.74. The Morgan fingerprint density at radius 3 is 3.17 bits per heavy atom. The van der Waals surface area contributed by atoms with Crippen molar-refractivity contribution < 1.29 is 0 Å². The largest absolute Gasteiger partial charge is 0.343 e. The predicted octanol–water partition coefficient (Wildman–Crippen LogP) is 2.84. The number of para-hydroxylation sites is 1. The average molecular weight is 240 g/mol. The zero-order valence-electron chi connectivity index (χ0n) is 11.0. The maximum absolute atomic E-state index is 3.38. The minimum absolute atomic E-state index is 0.720. The quantitative estimate of drug-likeness (QED) is 0.854. The van der Waals surface area contributed by atoms with E-state index in [2.05, 4.69) is 35.1 Å². The summed E-state index contributed by atoms with van der Waals surface area (Å²) >= 11 is 0. The molecule has 1 aromatic carbocycles. The van der Waals surface area contributed by atoms with Gasteiger partial charge < -0.3 is 9.88 Å². The molecule has 1 N–H and O–H groups in total. The van der Waals surface area contributed by atoms with Gasteiger partial charge in [0.05, 0.1) is 5.52 Å². The summed E-state index contributed by atoms with van der Waals surface area (Å²) in [7, 11) is 2.08. The van der Waals surface area contributed by atoms with Gasteiger partial charge in [0.1, 0.15) is 0 Å². The fraction of sp³-hybridized carbons (Fsp3) is 0.500. The van der Waals surface area contributed by atoms with Gasteiger partial charge in [-0.3, -0.25) is 0 Å². The molecule has 1 atom stereocenters. The van der Waals surface area contributed by atoms with Crippen molar-refractivity contribution in [2.24, 2.45) is 0 Å². The van der Waals surface area contributed by atoms with E-state index in [1.807, 2.05) is 0 Å². The molecule has 0 saturated carbocycles. The summed E-state index contributed by atoms with van der Waals surface area (Å²) in [6.45, 7) is 2.32. The number of hydrogen-bond acceptors (Lipinski definition) is 1. The minimum Gasteiger partial charge on any atom is -0.343 e. The Bertz CT molecular complexity index is 609. The van der Waals surface area contributed by atoms with E-state index >= 15 is 0 Å². The number of benzene rings is 1. The standard InChI is InChI=1S/C16H20N2/c1-17-10-12-5-3-7-14-13-6-2-4-11-8-9-18(15(11)13)16(12)14/h2,4,6,12,17H,3,5,7-10H2,1H3. The molecule has 4 rings (SSSR count). The van der Waals surface area contributed by atoms with Gasteiger partial charge in [-0.2, -0.15) is 0 Å². The SMILES string of the molecule is CNCC1CCCc2c1n1c3c(cccc23)CC1. The van der Waals surface area contributed by atoms with E-state index in [0.717, 1.165) is 12.5 Å². The van der Waals surface area contributed by atoms with Gasteiger partial charge in [0, 0.05) is 30.1 Å². The van der Waals surface area contributed by atoms with E-state index in [1.54, 1.807) is 27.7 Å². The number of fused-ring (bicyclic) bond motifs is 3. The van der Waals surface area contributed by atoms with Crippen LogP contribution in [0.15, 0.2) is 18.2 Å². The van der Waals surface area contributed by atoms with E-state index in [9.17, 15) is 0 Å². The molecule has 0 fully saturated rings. The maximum Gasteiger partial charge on any atom is 0.0518 e. The maximum atomic E-state index is 3.38. The van der Waals surface area contributed by atoms with Crippen LogP contribution in [-0.2, 0) is 19.4 Å². The van der Waals surface area contributed by atoms with Crippen molar-refractivity contribution in [1.82, 2.24) is 9.88 Å². The lowest BCUT2D eigenvalue weighted by molar-refractivity contribution is 0.497. The fourth-order valence-electron chi connectivity index (χ4n) is 4.08. The molecule has 0 saturated heterocycles. The highest BCUT2D eigenvalue weighted by Gasteiger charge is 2.29. The van der Waals surface area contributed by atoms with Crippen LogP contribution in [0.2, 0.25) is 0 Å². The lowest BCUT2D eigenvalue weighted by Gasteiger charge is -2.25. The van der Waals surface area contributed by atoms with Gasteiger partial charge in [-0.15, -0.1) is 0 Å². The fourth-order valence-corrected chi connectivity index (χ4v) is 4.08. The summed E-state index contributed by atoms with van der Waals surface area (Å²) in [6, 6.07) is 6.89. The van der Waals surface area contributed by atoms with Crippen LogP contribution in [0.25, 0.3) is 10.9 Å². The average Bonchev–Trinajstić information content (AvgIpc) is 2.96. The first-order chi connectivity index (χ1) is 8.90. The number of hydrogen-bond donors (Lipinski definition) is 1. The monoisotopic (exact) mass is 240 g/mol. The van der Waals surface area contributed by atoms with Crippen molar-refractivity contribution in [1.29, 1.82) is 0 Å². The van der Waals surface area contributed by atoms with Gasteiger partial charge in [-0.25, -0.2) is 0 Å². The predicted molar refractivity (Wildman–Crippen MR) is 75.2 cm³/mol. The van der Waals surface area contributed by atoms with Crippen molar-refractivity contribution in [2.45, 2.75) is 38.1 Å². The molecule has 1 unspecified atom stereocenters. The Hall–Kier alpha value is -1.28. The van der Waals surface area contributed by atoms with Crippen molar-refractivity contribution in [3.8, 4) is 0 Å². The number of nitrogens with zero attached hydrogens (tertiary/aromatic N) is 1. The molecule has 0 spiro atoms. The normalized spacial score (nSPS) is 21.5. The number of aromatic nitrogens is 1. The summed E-state index contributed by atoms with van der Waals surface area (Å²) in [6.07, 6.45) is 5.21. The summed E-state index contributed by atoms with van der Waals surface area (Å²) in [5, 5.41) is 4.92. The van der Waals surface area contributed by atoms with Crippen LogP contribution in [-0.4, -0.2) is 18.2 Å². The molecule has 2 heterocycles. The zero-order valence-corrected chi connectivity index (χ0v) is 11.0. The first kappa shape index (κ1) is 10.6. The van der Waals surface area contributed by atoms with Gasteiger partial charge in [-0.1, -0.05) is 18.2 Å². The molecule has 0 radical (unpaired) electrons.